The number of aromatic nitrogens is 2. The van der Waals surface area contributed by atoms with Crippen LogP contribution in [0.15, 0.2) is 150 Å². The van der Waals surface area contributed by atoms with Crippen LogP contribution in [0.1, 0.15) is 5.56 Å². The lowest BCUT2D eigenvalue weighted by molar-refractivity contribution is 0.671. The van der Waals surface area contributed by atoms with E-state index in [0.29, 0.717) is 11.3 Å². The molecule has 0 fully saturated rings. The molecular weight excluding hydrogens is 601 g/mol. The van der Waals surface area contributed by atoms with Crippen molar-refractivity contribution in [2.24, 2.45) is 0 Å². The van der Waals surface area contributed by atoms with Crippen LogP contribution in [-0.2, 0) is 0 Å². The molecule has 0 spiro atoms. The second-order valence-corrected chi connectivity index (χ2v) is 12.4. The lowest BCUT2D eigenvalue weighted by atomic mass is 10.0. The molecule has 0 aliphatic heterocycles. The summed E-state index contributed by atoms with van der Waals surface area (Å²) in [6, 6.07) is 52.3. The molecule has 0 radical (unpaired) electrons. The quantitative estimate of drug-likeness (QED) is 0.184. The van der Waals surface area contributed by atoms with Crippen LogP contribution in [0.25, 0.3) is 92.9 Å². The minimum atomic E-state index is 0.596. The number of furan rings is 1. The number of benzene rings is 7. The normalized spacial score (nSPS) is 11.6. The van der Waals surface area contributed by atoms with Crippen molar-refractivity contribution in [1.82, 2.24) is 9.13 Å². The maximum Gasteiger partial charge on any atom is 0.188 e. The van der Waals surface area contributed by atoms with Gasteiger partial charge in [0.2, 0.25) is 0 Å². The molecule has 3 heterocycles. The third kappa shape index (κ3) is 3.91. The number of nitrogens with zero attached hydrogens (tertiary/aromatic N) is 4. The van der Waals surface area contributed by atoms with Crippen LogP contribution in [0.2, 0.25) is 0 Å². The highest BCUT2D eigenvalue weighted by molar-refractivity contribution is 6.21. The second-order valence-electron chi connectivity index (χ2n) is 12.4. The first-order chi connectivity index (χ1) is 24.2. The maximum absolute atomic E-state index is 9.59. The first kappa shape index (κ1) is 27.1. The van der Waals surface area contributed by atoms with Crippen molar-refractivity contribution in [3.63, 3.8) is 0 Å². The summed E-state index contributed by atoms with van der Waals surface area (Å²) in [7, 11) is 0. The van der Waals surface area contributed by atoms with Crippen molar-refractivity contribution in [2.75, 3.05) is 0 Å². The largest absolute Gasteiger partial charge is 0.454 e. The summed E-state index contributed by atoms with van der Waals surface area (Å²) in [6.45, 7) is 7.54. The number of para-hydroxylation sites is 2. The third-order valence-corrected chi connectivity index (χ3v) is 9.73. The highest BCUT2D eigenvalue weighted by atomic mass is 16.3. The van der Waals surface area contributed by atoms with Crippen molar-refractivity contribution in [3.8, 4) is 28.6 Å². The van der Waals surface area contributed by atoms with Crippen molar-refractivity contribution in [1.29, 1.82) is 5.26 Å². The van der Waals surface area contributed by atoms with Gasteiger partial charge in [0.25, 0.3) is 0 Å². The predicted molar refractivity (Wildman–Crippen MR) is 199 cm³/mol. The fourth-order valence-electron chi connectivity index (χ4n) is 7.58. The molecule has 0 atom stereocenters. The highest BCUT2D eigenvalue weighted by Crippen LogP contribution is 2.41. The topological polar surface area (TPSA) is 51.1 Å². The second kappa shape index (κ2) is 10.2. The van der Waals surface area contributed by atoms with Gasteiger partial charge in [-0.15, -0.1) is 0 Å². The minimum Gasteiger partial charge on any atom is -0.454 e. The maximum atomic E-state index is 9.59. The molecule has 226 valence electrons. The van der Waals surface area contributed by atoms with Gasteiger partial charge in [-0.1, -0.05) is 72.8 Å². The standard InChI is InChI=1S/C44H24N4O/c1-46-30-17-21-42-38(25-30)36-19-18-35-33-12-2-5-15-40(33)48(43(35)44(36)49-42)32-11-7-9-29(24-32)28-8-6-10-31(23-28)47-39-14-4-3-13-34(39)37-22-27(26-45)16-20-41(37)47/h2-25H. The fraction of sp³-hybridized carbons (Fsp3) is 0. The molecule has 0 bridgehead atoms. The molecule has 10 rings (SSSR count). The van der Waals surface area contributed by atoms with E-state index in [9.17, 15) is 5.26 Å². The molecule has 7 aromatic carbocycles. The van der Waals surface area contributed by atoms with Crippen LogP contribution in [0.5, 0.6) is 0 Å². The zero-order valence-electron chi connectivity index (χ0n) is 26.1. The Morgan fingerprint density at radius 2 is 1.18 bits per heavy atom. The Balaban J connectivity index is 1.18. The van der Waals surface area contributed by atoms with Gasteiger partial charge in [0.1, 0.15) is 5.58 Å². The summed E-state index contributed by atoms with van der Waals surface area (Å²) in [4.78, 5) is 3.66. The Hall–Kier alpha value is -7.08. The average molecular weight is 625 g/mol. The molecule has 0 saturated heterocycles. The van der Waals surface area contributed by atoms with E-state index in [1.165, 1.54) is 0 Å². The Morgan fingerprint density at radius 3 is 1.92 bits per heavy atom. The lowest BCUT2D eigenvalue weighted by Gasteiger charge is -2.13. The summed E-state index contributed by atoms with van der Waals surface area (Å²) < 4.78 is 11.2. The molecule has 0 aliphatic rings. The zero-order valence-corrected chi connectivity index (χ0v) is 26.1. The van der Waals surface area contributed by atoms with Crippen LogP contribution in [0.3, 0.4) is 0 Å². The summed E-state index contributed by atoms with van der Waals surface area (Å²) in [6.07, 6.45) is 0. The van der Waals surface area contributed by atoms with Crippen molar-refractivity contribution < 1.29 is 4.42 Å². The Bertz CT molecular complexity index is 3090. The van der Waals surface area contributed by atoms with E-state index in [1.807, 2.05) is 42.5 Å². The van der Waals surface area contributed by atoms with E-state index in [-0.39, 0.29) is 0 Å². The summed E-state index contributed by atoms with van der Waals surface area (Å²) in [5.41, 5.74) is 11.4. The van der Waals surface area contributed by atoms with Crippen LogP contribution in [-0.4, -0.2) is 9.13 Å². The van der Waals surface area contributed by atoms with Crippen LogP contribution >= 0.6 is 0 Å². The number of hydrogen-bond acceptors (Lipinski definition) is 2. The smallest absolute Gasteiger partial charge is 0.188 e. The predicted octanol–water partition coefficient (Wildman–Crippen LogP) is 11.9. The van der Waals surface area contributed by atoms with Crippen LogP contribution in [0, 0.1) is 17.9 Å². The Morgan fingerprint density at radius 1 is 0.531 bits per heavy atom. The summed E-state index contributed by atoms with van der Waals surface area (Å²) in [5, 5.41) is 16.0. The van der Waals surface area contributed by atoms with Gasteiger partial charge in [-0.3, -0.25) is 0 Å². The van der Waals surface area contributed by atoms with Gasteiger partial charge < -0.3 is 13.6 Å². The number of fused-ring (bicyclic) bond motifs is 10. The molecule has 5 nitrogen and oxygen atoms in total. The van der Waals surface area contributed by atoms with Crippen molar-refractivity contribution in [3.05, 3.63) is 163 Å². The fourth-order valence-corrected chi connectivity index (χ4v) is 7.58. The van der Waals surface area contributed by atoms with Gasteiger partial charge in [0, 0.05) is 43.7 Å². The van der Waals surface area contributed by atoms with Gasteiger partial charge in [-0.05, 0) is 83.9 Å². The molecule has 0 N–H and O–H groups in total. The Kier molecular flexibility index (Phi) is 5.64. The summed E-state index contributed by atoms with van der Waals surface area (Å²) in [5.74, 6) is 0. The van der Waals surface area contributed by atoms with Gasteiger partial charge in [0.05, 0.1) is 40.3 Å². The Labute approximate surface area is 280 Å². The first-order valence-electron chi connectivity index (χ1n) is 16.1. The van der Waals surface area contributed by atoms with E-state index in [2.05, 4.69) is 123 Å². The molecule has 0 amide bonds. The molecule has 49 heavy (non-hydrogen) atoms. The van der Waals surface area contributed by atoms with E-state index in [0.717, 1.165) is 88.1 Å². The molecule has 10 aromatic rings. The number of hydrogen-bond donors (Lipinski definition) is 0. The van der Waals surface area contributed by atoms with Gasteiger partial charge in [-0.2, -0.15) is 5.26 Å². The number of nitriles is 1. The van der Waals surface area contributed by atoms with Gasteiger partial charge >= 0.3 is 0 Å². The highest BCUT2D eigenvalue weighted by Gasteiger charge is 2.20. The van der Waals surface area contributed by atoms with Gasteiger partial charge in [-0.25, -0.2) is 4.85 Å². The zero-order chi connectivity index (χ0) is 32.6. The van der Waals surface area contributed by atoms with Crippen LogP contribution in [0.4, 0.5) is 5.69 Å². The SMILES string of the molecule is [C-]#[N+]c1ccc2oc3c(ccc4c5ccccc5n(-c5cccc(-c6cccc(-n7c8ccccc8c8cc(C#N)ccc87)c6)c5)c43)c2c1. The van der Waals surface area contributed by atoms with Crippen LogP contribution < -0.4 is 0 Å². The van der Waals surface area contributed by atoms with E-state index >= 15 is 0 Å². The molecule has 0 unspecified atom stereocenters. The van der Waals surface area contributed by atoms with E-state index in [1.54, 1.807) is 0 Å². The monoisotopic (exact) mass is 624 g/mol. The third-order valence-electron chi connectivity index (χ3n) is 9.73. The van der Waals surface area contributed by atoms with E-state index in [4.69, 9.17) is 11.0 Å². The number of rotatable bonds is 3. The summed E-state index contributed by atoms with van der Waals surface area (Å²) >= 11 is 0. The molecular formula is C44H24N4O. The van der Waals surface area contributed by atoms with Crippen molar-refractivity contribution >= 4 is 71.2 Å². The molecule has 3 aromatic heterocycles. The van der Waals surface area contributed by atoms with E-state index < -0.39 is 0 Å². The molecule has 0 saturated carbocycles. The lowest BCUT2D eigenvalue weighted by Crippen LogP contribution is -1.96. The van der Waals surface area contributed by atoms with Gasteiger partial charge in [0.15, 0.2) is 11.3 Å². The van der Waals surface area contributed by atoms with Crippen molar-refractivity contribution in [2.45, 2.75) is 0 Å². The average Bonchev–Trinajstić information content (AvgIpc) is 3.82. The first-order valence-corrected chi connectivity index (χ1v) is 16.1. The molecule has 0 aliphatic carbocycles. The molecule has 5 heteroatoms. The minimum absolute atomic E-state index is 0.596.